The van der Waals surface area contributed by atoms with E-state index in [1.807, 2.05) is 18.2 Å². The van der Waals surface area contributed by atoms with Crippen molar-refractivity contribution in [2.24, 2.45) is 0 Å². The average molecular weight is 558 g/mol. The summed E-state index contributed by atoms with van der Waals surface area (Å²) >= 11 is 0. The Kier molecular flexibility index (Phi) is 9.10. The van der Waals surface area contributed by atoms with E-state index in [1.54, 1.807) is 6.07 Å². The molecule has 5 nitrogen and oxygen atoms in total. The van der Waals surface area contributed by atoms with E-state index in [4.69, 9.17) is 4.74 Å². The summed E-state index contributed by atoms with van der Waals surface area (Å²) in [5, 5.41) is 2.60. The van der Waals surface area contributed by atoms with Crippen molar-refractivity contribution in [1.82, 2.24) is 15.1 Å². The number of carbonyl (C=O) groups is 1. The molecular formula is C28H33F6N3O2. The van der Waals surface area contributed by atoms with Crippen LogP contribution in [0.1, 0.15) is 65.2 Å². The van der Waals surface area contributed by atoms with Crippen LogP contribution in [0, 0.1) is 0 Å². The van der Waals surface area contributed by atoms with Crippen LogP contribution in [0.25, 0.3) is 0 Å². The normalized spacial score (nSPS) is 19.1. The highest BCUT2D eigenvalue weighted by Crippen LogP contribution is 2.37. The Balaban J connectivity index is 1.54. The first-order chi connectivity index (χ1) is 18.5. The van der Waals surface area contributed by atoms with Gasteiger partial charge in [0, 0.05) is 36.8 Å². The predicted octanol–water partition coefficient (Wildman–Crippen LogP) is 6.15. The number of para-hydroxylation sites is 1. The molecule has 1 atom stereocenters. The summed E-state index contributed by atoms with van der Waals surface area (Å²) in [5.41, 5.74) is -2.96. The average Bonchev–Trinajstić information content (AvgIpc) is 2.93. The van der Waals surface area contributed by atoms with Gasteiger partial charge in [-0.2, -0.15) is 26.3 Å². The van der Waals surface area contributed by atoms with Crippen LogP contribution in [-0.2, 0) is 12.4 Å². The van der Waals surface area contributed by atoms with Crippen molar-refractivity contribution in [1.29, 1.82) is 0 Å². The summed E-state index contributed by atoms with van der Waals surface area (Å²) < 4.78 is 85.4. The number of alkyl halides is 6. The van der Waals surface area contributed by atoms with Gasteiger partial charge in [0.1, 0.15) is 5.75 Å². The lowest BCUT2D eigenvalue weighted by atomic mass is 9.96. The minimum Gasteiger partial charge on any atom is -0.496 e. The molecule has 214 valence electrons. The number of nitrogens with one attached hydrogen (secondary N) is 1. The Morgan fingerprint density at radius 3 is 2.08 bits per heavy atom. The topological polar surface area (TPSA) is 44.8 Å². The van der Waals surface area contributed by atoms with Gasteiger partial charge < -0.3 is 15.0 Å². The Bertz CT molecular complexity index is 1090. The van der Waals surface area contributed by atoms with E-state index in [0.717, 1.165) is 44.6 Å². The summed E-state index contributed by atoms with van der Waals surface area (Å²) in [6, 6.07) is 8.30. The van der Waals surface area contributed by atoms with Crippen LogP contribution >= 0.6 is 0 Å². The van der Waals surface area contributed by atoms with E-state index in [2.05, 4.69) is 15.1 Å². The minimum absolute atomic E-state index is 0.00875. The van der Waals surface area contributed by atoms with Gasteiger partial charge in [0.05, 0.1) is 24.3 Å². The molecule has 2 aliphatic rings. The number of piperidine rings is 2. The highest BCUT2D eigenvalue weighted by molar-refractivity contribution is 5.94. The third-order valence-electron chi connectivity index (χ3n) is 7.65. The molecule has 0 radical (unpaired) electrons. The first kappa shape index (κ1) is 29.2. The maximum Gasteiger partial charge on any atom is 0.416 e. The SMILES string of the molecule is COc1ccccc1C(CNC(=O)c1cc(C(F)(F)F)cc(C(F)(F)F)c1)N1CCC(N2CCCCC2)CC1. The summed E-state index contributed by atoms with van der Waals surface area (Å²) in [6.07, 6.45) is -4.56. The first-order valence-corrected chi connectivity index (χ1v) is 13.2. The lowest BCUT2D eigenvalue weighted by Crippen LogP contribution is -2.49. The van der Waals surface area contributed by atoms with Gasteiger partial charge in [0.2, 0.25) is 0 Å². The van der Waals surface area contributed by atoms with Crippen molar-refractivity contribution >= 4 is 5.91 Å². The maximum atomic E-state index is 13.3. The molecule has 0 spiro atoms. The number of benzene rings is 2. The van der Waals surface area contributed by atoms with Gasteiger partial charge in [-0.3, -0.25) is 9.69 Å². The Morgan fingerprint density at radius 2 is 1.51 bits per heavy atom. The lowest BCUT2D eigenvalue weighted by Gasteiger charge is -2.43. The summed E-state index contributed by atoms with van der Waals surface area (Å²) in [4.78, 5) is 17.7. The predicted molar refractivity (Wildman–Crippen MR) is 135 cm³/mol. The molecule has 2 aromatic carbocycles. The van der Waals surface area contributed by atoms with Crippen molar-refractivity contribution in [2.75, 3.05) is 39.8 Å². The molecule has 39 heavy (non-hydrogen) atoms. The van der Waals surface area contributed by atoms with Crippen LogP contribution < -0.4 is 10.1 Å². The van der Waals surface area contributed by atoms with Crippen molar-refractivity contribution in [3.63, 3.8) is 0 Å². The number of methoxy groups -OCH3 is 1. The van der Waals surface area contributed by atoms with Gasteiger partial charge in [-0.15, -0.1) is 0 Å². The van der Waals surface area contributed by atoms with Crippen LogP contribution in [0.2, 0.25) is 0 Å². The van der Waals surface area contributed by atoms with E-state index in [9.17, 15) is 31.1 Å². The van der Waals surface area contributed by atoms with Gasteiger partial charge in [-0.1, -0.05) is 24.6 Å². The third-order valence-corrected chi connectivity index (χ3v) is 7.65. The molecule has 2 aromatic rings. The molecule has 0 bridgehead atoms. The molecule has 4 rings (SSSR count). The molecule has 0 saturated carbocycles. The Morgan fingerprint density at radius 1 is 0.923 bits per heavy atom. The van der Waals surface area contributed by atoms with Gasteiger partial charge in [0.15, 0.2) is 0 Å². The smallest absolute Gasteiger partial charge is 0.416 e. The fraction of sp³-hybridized carbons (Fsp3) is 0.536. The largest absolute Gasteiger partial charge is 0.496 e. The third kappa shape index (κ3) is 7.25. The fourth-order valence-electron chi connectivity index (χ4n) is 5.60. The quantitative estimate of drug-likeness (QED) is 0.415. The van der Waals surface area contributed by atoms with E-state index < -0.39 is 35.0 Å². The summed E-state index contributed by atoms with van der Waals surface area (Å²) in [6.45, 7) is 3.65. The number of hydrogen-bond donors (Lipinski definition) is 1. The molecule has 1 N–H and O–H groups in total. The van der Waals surface area contributed by atoms with Crippen molar-refractivity contribution < 1.29 is 35.9 Å². The van der Waals surface area contributed by atoms with Crippen molar-refractivity contribution in [3.8, 4) is 5.75 Å². The number of rotatable bonds is 7. The highest BCUT2D eigenvalue weighted by Gasteiger charge is 2.38. The molecular weight excluding hydrogens is 524 g/mol. The lowest BCUT2D eigenvalue weighted by molar-refractivity contribution is -0.143. The van der Waals surface area contributed by atoms with Crippen molar-refractivity contribution in [3.05, 3.63) is 64.7 Å². The van der Waals surface area contributed by atoms with Crippen LogP contribution in [-0.4, -0.2) is 61.6 Å². The molecule has 0 aromatic heterocycles. The van der Waals surface area contributed by atoms with E-state index in [1.165, 1.54) is 26.4 Å². The van der Waals surface area contributed by atoms with E-state index in [-0.39, 0.29) is 18.7 Å². The van der Waals surface area contributed by atoms with E-state index in [0.29, 0.717) is 23.9 Å². The van der Waals surface area contributed by atoms with Crippen LogP contribution in [0.15, 0.2) is 42.5 Å². The molecule has 2 heterocycles. The number of likely N-dealkylation sites (tertiary alicyclic amines) is 2. The second-order valence-corrected chi connectivity index (χ2v) is 10.1. The number of ether oxygens (including phenoxy) is 1. The zero-order valence-electron chi connectivity index (χ0n) is 21.7. The zero-order chi connectivity index (χ0) is 28.2. The number of amides is 1. The van der Waals surface area contributed by atoms with Gasteiger partial charge >= 0.3 is 12.4 Å². The summed E-state index contributed by atoms with van der Waals surface area (Å²) in [5.74, 6) is -0.414. The van der Waals surface area contributed by atoms with Gasteiger partial charge in [-0.05, 0) is 63.0 Å². The summed E-state index contributed by atoms with van der Waals surface area (Å²) in [7, 11) is 1.53. The van der Waals surface area contributed by atoms with Gasteiger partial charge in [0.25, 0.3) is 5.91 Å². The maximum absolute atomic E-state index is 13.3. The van der Waals surface area contributed by atoms with Crippen LogP contribution in [0.3, 0.4) is 0 Å². The molecule has 1 amide bonds. The number of hydrogen-bond acceptors (Lipinski definition) is 4. The minimum atomic E-state index is -5.03. The molecule has 2 saturated heterocycles. The standard InChI is InChI=1S/C28H33F6N3O2/c1-39-25-8-4-3-7-23(25)24(37-13-9-22(10-14-37)36-11-5-2-6-12-36)18-35-26(38)19-15-20(27(29,30)31)17-21(16-19)28(32,33)34/h3-4,7-8,15-17,22,24H,2,5-6,9-14,18H2,1H3,(H,35,38). The fourth-order valence-corrected chi connectivity index (χ4v) is 5.60. The first-order valence-electron chi connectivity index (χ1n) is 13.2. The van der Waals surface area contributed by atoms with Crippen molar-refractivity contribution in [2.45, 2.75) is 56.5 Å². The van der Waals surface area contributed by atoms with Crippen LogP contribution in [0.5, 0.6) is 5.75 Å². The van der Waals surface area contributed by atoms with Gasteiger partial charge in [-0.25, -0.2) is 0 Å². The number of nitrogens with zero attached hydrogens (tertiary/aromatic N) is 2. The molecule has 11 heteroatoms. The monoisotopic (exact) mass is 557 g/mol. The highest BCUT2D eigenvalue weighted by atomic mass is 19.4. The molecule has 2 aliphatic heterocycles. The molecule has 2 fully saturated rings. The zero-order valence-corrected chi connectivity index (χ0v) is 21.7. The van der Waals surface area contributed by atoms with Crippen LogP contribution in [0.4, 0.5) is 26.3 Å². The number of halogens is 6. The molecule has 0 aliphatic carbocycles. The molecule has 1 unspecified atom stereocenters. The second-order valence-electron chi connectivity index (χ2n) is 10.1. The Labute approximate surface area is 224 Å². The Hall–Kier alpha value is -2.79. The van der Waals surface area contributed by atoms with E-state index >= 15 is 0 Å². The number of carbonyl (C=O) groups excluding carboxylic acids is 1. The second kappa shape index (κ2) is 12.2.